The molecule has 6 heteroatoms. The smallest absolute Gasteiger partial charge is 0.224 e. The third kappa shape index (κ3) is 3.90. The van der Waals surface area contributed by atoms with E-state index in [2.05, 4.69) is 9.97 Å². The first kappa shape index (κ1) is 13.1. The molecule has 4 nitrogen and oxygen atoms in total. The van der Waals surface area contributed by atoms with Crippen LogP contribution >= 0.6 is 11.6 Å². The van der Waals surface area contributed by atoms with Gasteiger partial charge in [-0.1, -0.05) is 0 Å². The highest BCUT2D eigenvalue weighted by atomic mass is 35.5. The molecule has 16 heavy (non-hydrogen) atoms. The standard InChI is InChI=1S/C10H15ClFN3O/c1-7(2)16-5-4-15(3)9-8(12)6-13-10(11)14-9/h6-7H,4-5H2,1-3H3. The number of ether oxygens (including phenoxy) is 1. The molecule has 1 aromatic rings. The third-order valence-corrected chi connectivity index (χ3v) is 2.12. The lowest BCUT2D eigenvalue weighted by Gasteiger charge is -2.19. The minimum atomic E-state index is -0.489. The van der Waals surface area contributed by atoms with E-state index in [0.717, 1.165) is 6.20 Å². The molecule has 0 aliphatic rings. The summed E-state index contributed by atoms with van der Waals surface area (Å²) >= 11 is 5.60. The molecule has 0 bridgehead atoms. The van der Waals surface area contributed by atoms with Gasteiger partial charge in [-0.2, -0.15) is 4.98 Å². The number of hydrogen-bond donors (Lipinski definition) is 0. The van der Waals surface area contributed by atoms with Crippen LogP contribution < -0.4 is 4.90 Å². The van der Waals surface area contributed by atoms with E-state index in [1.54, 1.807) is 11.9 Å². The van der Waals surface area contributed by atoms with Gasteiger partial charge < -0.3 is 9.64 Å². The maximum atomic E-state index is 13.3. The molecule has 0 atom stereocenters. The minimum absolute atomic E-state index is 0.0352. The molecule has 1 aromatic heterocycles. The summed E-state index contributed by atoms with van der Waals surface area (Å²) < 4.78 is 18.7. The Kier molecular flexibility index (Phi) is 4.89. The van der Waals surface area contributed by atoms with Crippen molar-refractivity contribution in [2.24, 2.45) is 0 Å². The molecule has 0 fully saturated rings. The number of hydrogen-bond acceptors (Lipinski definition) is 4. The van der Waals surface area contributed by atoms with Crippen molar-refractivity contribution in [2.45, 2.75) is 20.0 Å². The lowest BCUT2D eigenvalue weighted by atomic mass is 10.4. The van der Waals surface area contributed by atoms with Crippen LogP contribution in [0.4, 0.5) is 10.2 Å². The van der Waals surface area contributed by atoms with E-state index in [4.69, 9.17) is 16.3 Å². The van der Waals surface area contributed by atoms with Crippen LogP contribution in [-0.2, 0) is 4.74 Å². The largest absolute Gasteiger partial charge is 0.377 e. The van der Waals surface area contributed by atoms with E-state index in [-0.39, 0.29) is 17.2 Å². The quantitative estimate of drug-likeness (QED) is 0.748. The van der Waals surface area contributed by atoms with Crippen molar-refractivity contribution >= 4 is 17.4 Å². The number of rotatable bonds is 5. The molecule has 1 heterocycles. The van der Waals surface area contributed by atoms with Crippen LogP contribution in [0.5, 0.6) is 0 Å². The third-order valence-electron chi connectivity index (χ3n) is 1.94. The predicted molar refractivity (Wildman–Crippen MR) is 61.4 cm³/mol. The summed E-state index contributed by atoms with van der Waals surface area (Å²) in [5.74, 6) is -0.302. The number of aromatic nitrogens is 2. The van der Waals surface area contributed by atoms with Gasteiger partial charge in [0.15, 0.2) is 11.6 Å². The zero-order valence-corrected chi connectivity index (χ0v) is 10.3. The van der Waals surface area contributed by atoms with Gasteiger partial charge in [-0.25, -0.2) is 9.37 Å². The fraction of sp³-hybridized carbons (Fsp3) is 0.600. The lowest BCUT2D eigenvalue weighted by Crippen LogP contribution is -2.25. The van der Waals surface area contributed by atoms with Crippen LogP contribution in [-0.4, -0.2) is 36.3 Å². The summed E-state index contributed by atoms with van der Waals surface area (Å²) in [5, 5.41) is 0.0352. The van der Waals surface area contributed by atoms with Crippen LogP contribution in [0.2, 0.25) is 5.28 Å². The molecule has 0 saturated heterocycles. The maximum absolute atomic E-state index is 13.3. The molecule has 0 N–H and O–H groups in total. The van der Waals surface area contributed by atoms with Gasteiger partial charge in [0, 0.05) is 13.6 Å². The Morgan fingerprint density at radius 1 is 1.56 bits per heavy atom. The van der Waals surface area contributed by atoms with Crippen LogP contribution in [0.15, 0.2) is 6.20 Å². The van der Waals surface area contributed by atoms with Crippen molar-refractivity contribution in [3.05, 3.63) is 17.3 Å². The second-order valence-corrected chi connectivity index (χ2v) is 3.99. The van der Waals surface area contributed by atoms with Gasteiger partial charge in [-0.15, -0.1) is 0 Å². The molecule has 0 aromatic carbocycles. The van der Waals surface area contributed by atoms with Crippen LogP contribution in [0, 0.1) is 5.82 Å². The normalized spacial score (nSPS) is 10.9. The number of anilines is 1. The van der Waals surface area contributed by atoms with E-state index in [1.807, 2.05) is 13.8 Å². The highest BCUT2D eigenvalue weighted by Crippen LogP contribution is 2.15. The second-order valence-electron chi connectivity index (χ2n) is 3.65. The van der Waals surface area contributed by atoms with Gasteiger partial charge in [0.2, 0.25) is 5.28 Å². The molecular weight excluding hydrogens is 233 g/mol. The van der Waals surface area contributed by atoms with Crippen molar-refractivity contribution in [1.29, 1.82) is 0 Å². The summed E-state index contributed by atoms with van der Waals surface area (Å²) in [6, 6.07) is 0. The Labute approximate surface area is 99.4 Å². The Bertz CT molecular complexity index is 349. The molecule has 0 aliphatic heterocycles. The van der Waals surface area contributed by atoms with Crippen LogP contribution in [0.25, 0.3) is 0 Å². The number of likely N-dealkylation sites (N-methyl/N-ethyl adjacent to an activating group) is 1. The molecule has 0 radical (unpaired) electrons. The molecule has 90 valence electrons. The molecule has 0 unspecified atom stereocenters. The Balaban J connectivity index is 2.58. The van der Waals surface area contributed by atoms with Crippen molar-refractivity contribution < 1.29 is 9.13 Å². The molecule has 0 spiro atoms. The number of nitrogens with zero attached hydrogens (tertiary/aromatic N) is 3. The van der Waals surface area contributed by atoms with E-state index >= 15 is 0 Å². The molecule has 0 saturated carbocycles. The predicted octanol–water partition coefficient (Wildman–Crippen LogP) is 2.13. The highest BCUT2D eigenvalue weighted by molar-refractivity contribution is 6.28. The van der Waals surface area contributed by atoms with Gasteiger partial charge >= 0.3 is 0 Å². The Hall–Kier alpha value is -0.940. The van der Waals surface area contributed by atoms with E-state index < -0.39 is 5.82 Å². The molecular formula is C10H15ClFN3O. The Morgan fingerprint density at radius 3 is 2.88 bits per heavy atom. The summed E-state index contributed by atoms with van der Waals surface area (Å²) in [7, 11) is 1.73. The van der Waals surface area contributed by atoms with E-state index in [0.29, 0.717) is 13.2 Å². The van der Waals surface area contributed by atoms with Gasteiger partial charge in [0.1, 0.15) is 0 Å². The SMILES string of the molecule is CC(C)OCCN(C)c1nc(Cl)ncc1F. The minimum Gasteiger partial charge on any atom is -0.377 e. The highest BCUT2D eigenvalue weighted by Gasteiger charge is 2.10. The topological polar surface area (TPSA) is 38.2 Å². The monoisotopic (exact) mass is 247 g/mol. The fourth-order valence-corrected chi connectivity index (χ4v) is 1.27. The van der Waals surface area contributed by atoms with E-state index in [1.165, 1.54) is 0 Å². The first-order chi connectivity index (χ1) is 7.50. The summed E-state index contributed by atoms with van der Waals surface area (Å²) in [6.45, 7) is 4.95. The van der Waals surface area contributed by atoms with Crippen molar-refractivity contribution in [3.63, 3.8) is 0 Å². The zero-order valence-electron chi connectivity index (χ0n) is 9.57. The average Bonchev–Trinajstić information content (AvgIpc) is 2.21. The maximum Gasteiger partial charge on any atom is 0.224 e. The number of halogens is 2. The van der Waals surface area contributed by atoms with Gasteiger partial charge in [-0.3, -0.25) is 0 Å². The fourth-order valence-electron chi connectivity index (χ4n) is 1.14. The van der Waals surface area contributed by atoms with Crippen LogP contribution in [0.1, 0.15) is 13.8 Å². The van der Waals surface area contributed by atoms with Crippen molar-refractivity contribution in [3.8, 4) is 0 Å². The molecule has 0 amide bonds. The molecule has 1 rings (SSSR count). The Morgan fingerprint density at radius 2 is 2.25 bits per heavy atom. The van der Waals surface area contributed by atoms with Gasteiger partial charge in [-0.05, 0) is 25.4 Å². The van der Waals surface area contributed by atoms with E-state index in [9.17, 15) is 4.39 Å². The van der Waals surface area contributed by atoms with Crippen molar-refractivity contribution in [1.82, 2.24) is 9.97 Å². The lowest BCUT2D eigenvalue weighted by molar-refractivity contribution is 0.0845. The first-order valence-electron chi connectivity index (χ1n) is 5.01. The van der Waals surface area contributed by atoms with Crippen molar-refractivity contribution in [2.75, 3.05) is 25.1 Å². The second kappa shape index (κ2) is 5.96. The zero-order chi connectivity index (χ0) is 12.1. The summed E-state index contributed by atoms with van der Waals surface area (Å²) in [4.78, 5) is 9.02. The van der Waals surface area contributed by atoms with Gasteiger partial charge in [0.25, 0.3) is 0 Å². The van der Waals surface area contributed by atoms with Gasteiger partial charge in [0.05, 0.1) is 18.9 Å². The summed E-state index contributed by atoms with van der Waals surface area (Å²) in [5.41, 5.74) is 0. The molecule has 0 aliphatic carbocycles. The summed E-state index contributed by atoms with van der Waals surface area (Å²) in [6.07, 6.45) is 1.22. The first-order valence-corrected chi connectivity index (χ1v) is 5.39. The average molecular weight is 248 g/mol. The van der Waals surface area contributed by atoms with Crippen LogP contribution in [0.3, 0.4) is 0 Å².